The van der Waals surface area contributed by atoms with Crippen molar-refractivity contribution in [2.24, 2.45) is 0 Å². The van der Waals surface area contributed by atoms with Crippen LogP contribution in [0.25, 0.3) is 22.4 Å². The van der Waals surface area contributed by atoms with Gasteiger partial charge in [0.1, 0.15) is 12.4 Å². The van der Waals surface area contributed by atoms with E-state index in [0.29, 0.717) is 28.2 Å². The number of hydrogen-bond donors (Lipinski definition) is 2. The van der Waals surface area contributed by atoms with Gasteiger partial charge in [0.15, 0.2) is 5.78 Å². The van der Waals surface area contributed by atoms with Crippen LogP contribution in [0.3, 0.4) is 0 Å². The molecule has 0 unspecified atom stereocenters. The van der Waals surface area contributed by atoms with Crippen LogP contribution in [0.1, 0.15) is 17.3 Å². The molecular formula is C21H19N3O4S. The number of aromatic nitrogens is 3. The summed E-state index contributed by atoms with van der Waals surface area (Å²) in [6.45, 7) is 1.59. The topological polar surface area (TPSA) is 101 Å². The molecule has 0 spiro atoms. The molecule has 4 aromatic rings. The van der Waals surface area contributed by atoms with Crippen LogP contribution in [0.2, 0.25) is 0 Å². The lowest BCUT2D eigenvalue weighted by molar-refractivity contribution is 0.101. The first-order valence-electron chi connectivity index (χ1n) is 9.05. The molecule has 0 saturated heterocycles. The molecule has 0 fully saturated rings. The summed E-state index contributed by atoms with van der Waals surface area (Å²) in [5.74, 6) is 1.27. The molecule has 2 N–H and O–H groups in total. The Morgan fingerprint density at radius 3 is 2.97 bits per heavy atom. The highest BCUT2D eigenvalue weighted by Gasteiger charge is 2.15. The summed E-state index contributed by atoms with van der Waals surface area (Å²) in [5, 5.41) is 19.7. The van der Waals surface area contributed by atoms with E-state index < -0.39 is 6.10 Å². The van der Waals surface area contributed by atoms with Crippen molar-refractivity contribution in [1.82, 2.24) is 15.2 Å². The number of rotatable bonds is 8. The highest BCUT2D eigenvalue weighted by atomic mass is 32.2. The number of aliphatic hydroxyl groups is 1. The Bertz CT molecular complexity index is 1140. The van der Waals surface area contributed by atoms with Crippen molar-refractivity contribution in [3.8, 4) is 17.2 Å². The van der Waals surface area contributed by atoms with Crippen LogP contribution in [0, 0.1) is 0 Å². The highest BCUT2D eigenvalue weighted by Crippen LogP contribution is 2.29. The molecule has 0 radical (unpaired) electrons. The number of nitrogens with zero attached hydrogens (tertiary/aromatic N) is 2. The first kappa shape index (κ1) is 19.2. The Kier molecular flexibility index (Phi) is 5.64. The van der Waals surface area contributed by atoms with Gasteiger partial charge >= 0.3 is 0 Å². The first-order chi connectivity index (χ1) is 14.1. The van der Waals surface area contributed by atoms with Gasteiger partial charge in [0.2, 0.25) is 0 Å². The zero-order valence-electron chi connectivity index (χ0n) is 15.7. The van der Waals surface area contributed by atoms with Crippen LogP contribution >= 0.6 is 11.8 Å². The van der Waals surface area contributed by atoms with Crippen LogP contribution in [0.15, 0.2) is 64.4 Å². The van der Waals surface area contributed by atoms with Crippen molar-refractivity contribution in [1.29, 1.82) is 0 Å². The molecule has 0 saturated carbocycles. The molecule has 1 atom stereocenters. The van der Waals surface area contributed by atoms with Crippen LogP contribution in [-0.4, -0.2) is 44.5 Å². The number of benzene rings is 2. The first-order valence-corrected chi connectivity index (χ1v) is 10.0. The number of hydrogen-bond acceptors (Lipinski definition) is 7. The van der Waals surface area contributed by atoms with Crippen molar-refractivity contribution < 1.29 is 19.1 Å². The number of thioether (sulfide) groups is 1. The van der Waals surface area contributed by atoms with Gasteiger partial charge < -0.3 is 19.2 Å². The molecule has 29 heavy (non-hydrogen) atoms. The number of Topliss-reactive ketones (excluding diaryl/α,β-unsaturated/α-hetero) is 1. The fraction of sp³-hybridized carbons (Fsp3) is 0.190. The van der Waals surface area contributed by atoms with E-state index in [2.05, 4.69) is 15.2 Å². The molecule has 0 bridgehead atoms. The van der Waals surface area contributed by atoms with E-state index in [1.807, 2.05) is 30.5 Å². The minimum atomic E-state index is -0.732. The van der Waals surface area contributed by atoms with Crippen molar-refractivity contribution in [3.63, 3.8) is 0 Å². The lowest BCUT2D eigenvalue weighted by Gasteiger charge is -2.11. The Labute approximate surface area is 171 Å². The Morgan fingerprint density at radius 1 is 1.24 bits per heavy atom. The SMILES string of the molecule is CC(=O)c1cccc(OC[C@H](O)CSc2nnc(-c3c[nH]c4ccccc34)o2)c1. The maximum Gasteiger partial charge on any atom is 0.276 e. The Morgan fingerprint density at radius 2 is 2.10 bits per heavy atom. The summed E-state index contributed by atoms with van der Waals surface area (Å²) in [7, 11) is 0. The number of ether oxygens (including phenoxy) is 1. The zero-order chi connectivity index (χ0) is 20.2. The molecule has 2 heterocycles. The number of aromatic amines is 1. The summed E-state index contributed by atoms with van der Waals surface area (Å²) < 4.78 is 11.3. The summed E-state index contributed by atoms with van der Waals surface area (Å²) >= 11 is 1.26. The quantitative estimate of drug-likeness (QED) is 0.336. The Hall–Kier alpha value is -3.10. The van der Waals surface area contributed by atoms with Gasteiger partial charge in [0.05, 0.1) is 11.7 Å². The highest BCUT2D eigenvalue weighted by molar-refractivity contribution is 7.99. The minimum absolute atomic E-state index is 0.0334. The third-order valence-electron chi connectivity index (χ3n) is 4.31. The fourth-order valence-electron chi connectivity index (χ4n) is 2.84. The van der Waals surface area contributed by atoms with E-state index in [-0.39, 0.29) is 12.4 Å². The van der Waals surface area contributed by atoms with Gasteiger partial charge in [-0.1, -0.05) is 42.1 Å². The standard InChI is InChI=1S/C21H19N3O4S/c1-13(25)14-5-4-6-16(9-14)27-11-15(26)12-29-21-24-23-20(28-21)18-10-22-19-8-3-2-7-17(18)19/h2-10,15,22,26H,11-12H2,1H3/t15-/m0/s1. The van der Waals surface area contributed by atoms with E-state index >= 15 is 0 Å². The number of nitrogens with one attached hydrogen (secondary N) is 1. The molecule has 0 aliphatic heterocycles. The van der Waals surface area contributed by atoms with Crippen molar-refractivity contribution >= 4 is 28.4 Å². The lowest BCUT2D eigenvalue weighted by Crippen LogP contribution is -2.20. The van der Waals surface area contributed by atoms with Gasteiger partial charge in [-0.3, -0.25) is 4.79 Å². The van der Waals surface area contributed by atoms with Crippen LogP contribution < -0.4 is 4.74 Å². The van der Waals surface area contributed by atoms with E-state index in [1.54, 1.807) is 24.3 Å². The van der Waals surface area contributed by atoms with E-state index in [0.717, 1.165) is 16.5 Å². The molecule has 2 aromatic carbocycles. The van der Waals surface area contributed by atoms with Crippen molar-refractivity contribution in [3.05, 3.63) is 60.3 Å². The fourth-order valence-corrected chi connectivity index (χ4v) is 3.51. The van der Waals surface area contributed by atoms with Gasteiger partial charge in [0.25, 0.3) is 11.1 Å². The average molecular weight is 409 g/mol. The van der Waals surface area contributed by atoms with Gasteiger partial charge in [-0.2, -0.15) is 0 Å². The maximum absolute atomic E-state index is 11.4. The second-order valence-electron chi connectivity index (χ2n) is 6.48. The predicted octanol–water partition coefficient (Wildman–Crippen LogP) is 3.95. The summed E-state index contributed by atoms with van der Waals surface area (Å²) in [6, 6.07) is 14.8. The van der Waals surface area contributed by atoms with E-state index in [4.69, 9.17) is 9.15 Å². The predicted molar refractivity (Wildman–Crippen MR) is 110 cm³/mol. The summed E-state index contributed by atoms with van der Waals surface area (Å²) in [6.07, 6.45) is 1.11. The number of fused-ring (bicyclic) bond motifs is 1. The summed E-state index contributed by atoms with van der Waals surface area (Å²) in [4.78, 5) is 14.6. The summed E-state index contributed by atoms with van der Waals surface area (Å²) in [5.41, 5.74) is 2.41. The Balaban J connectivity index is 1.33. The average Bonchev–Trinajstić information content (AvgIpc) is 3.37. The number of H-pyrrole nitrogens is 1. The number of para-hydroxylation sites is 1. The van der Waals surface area contributed by atoms with Gasteiger partial charge in [-0.25, -0.2) is 0 Å². The lowest BCUT2D eigenvalue weighted by atomic mass is 10.1. The molecule has 0 aliphatic rings. The van der Waals surface area contributed by atoms with Crippen LogP contribution in [0.5, 0.6) is 5.75 Å². The van der Waals surface area contributed by atoms with E-state index in [9.17, 15) is 9.90 Å². The number of carbonyl (C=O) groups is 1. The smallest absolute Gasteiger partial charge is 0.276 e. The molecule has 8 heteroatoms. The molecular weight excluding hydrogens is 390 g/mol. The monoisotopic (exact) mass is 409 g/mol. The molecule has 7 nitrogen and oxygen atoms in total. The van der Waals surface area contributed by atoms with Gasteiger partial charge in [-0.15, -0.1) is 10.2 Å². The molecule has 148 valence electrons. The van der Waals surface area contributed by atoms with Gasteiger partial charge in [-0.05, 0) is 25.1 Å². The molecule has 4 rings (SSSR count). The van der Waals surface area contributed by atoms with Crippen molar-refractivity contribution in [2.75, 3.05) is 12.4 Å². The molecule has 2 aromatic heterocycles. The largest absolute Gasteiger partial charge is 0.491 e. The number of carbonyl (C=O) groups excluding carboxylic acids is 1. The second-order valence-corrected chi connectivity index (χ2v) is 7.45. The third kappa shape index (κ3) is 4.49. The zero-order valence-corrected chi connectivity index (χ0v) is 16.5. The molecule has 0 amide bonds. The number of ketones is 1. The molecule has 0 aliphatic carbocycles. The van der Waals surface area contributed by atoms with E-state index in [1.165, 1.54) is 18.7 Å². The minimum Gasteiger partial charge on any atom is -0.491 e. The van der Waals surface area contributed by atoms with Crippen LogP contribution in [-0.2, 0) is 0 Å². The number of aliphatic hydroxyl groups excluding tert-OH is 1. The van der Waals surface area contributed by atoms with Gasteiger partial charge in [0, 0.05) is 28.4 Å². The normalized spacial score (nSPS) is 12.2. The maximum atomic E-state index is 11.4. The second kappa shape index (κ2) is 8.50. The third-order valence-corrected chi connectivity index (χ3v) is 5.27. The van der Waals surface area contributed by atoms with Crippen molar-refractivity contribution in [2.45, 2.75) is 18.3 Å². The van der Waals surface area contributed by atoms with Crippen LogP contribution in [0.4, 0.5) is 0 Å².